The summed E-state index contributed by atoms with van der Waals surface area (Å²) in [5.41, 5.74) is 2.63. The quantitative estimate of drug-likeness (QED) is 0.386. The molecule has 0 saturated heterocycles. The van der Waals surface area contributed by atoms with Gasteiger partial charge in [-0.25, -0.2) is 0 Å². The molecule has 0 radical (unpaired) electrons. The molecule has 0 N–H and O–H groups in total. The highest BCUT2D eigenvalue weighted by atomic mass is 79.9. The monoisotopic (exact) mass is 413 g/mol. The molecule has 6 heteroatoms. The zero-order valence-corrected chi connectivity index (χ0v) is 14.5. The Morgan fingerprint density at radius 1 is 1.24 bits per heavy atom. The van der Waals surface area contributed by atoms with E-state index in [9.17, 15) is 10.1 Å². The van der Waals surface area contributed by atoms with E-state index in [0.29, 0.717) is 15.4 Å². The fourth-order valence-corrected chi connectivity index (χ4v) is 2.79. The second-order valence-corrected chi connectivity index (χ2v) is 5.99. The number of hydrogen-bond donors (Lipinski definition) is 0. The molecule has 2 rings (SSSR count). The number of nitro groups is 1. The molecule has 0 aliphatic heterocycles. The number of nitro benzene ring substituents is 1. The van der Waals surface area contributed by atoms with Crippen LogP contribution in [-0.4, -0.2) is 4.92 Å². The Morgan fingerprint density at radius 2 is 2.00 bits per heavy atom. The lowest BCUT2D eigenvalue weighted by Crippen LogP contribution is -2.03. The Kier molecular flexibility index (Phi) is 5.36. The molecule has 2 aromatic rings. The Morgan fingerprint density at radius 3 is 2.67 bits per heavy atom. The Labute approximate surface area is 139 Å². The highest BCUT2D eigenvalue weighted by molar-refractivity contribution is 9.10. The van der Waals surface area contributed by atoms with Crippen LogP contribution in [0.2, 0.25) is 0 Å². The summed E-state index contributed by atoms with van der Waals surface area (Å²) in [5, 5.41) is 11.8. The molecule has 0 unspecified atom stereocenters. The molecule has 0 aliphatic carbocycles. The number of aryl methyl sites for hydroxylation is 1. The summed E-state index contributed by atoms with van der Waals surface area (Å²) in [6, 6.07) is 10.8. The molecule has 0 saturated carbocycles. The fraction of sp³-hybridized carbons (Fsp3) is 0.200. The lowest BCUT2D eigenvalue weighted by Gasteiger charge is -2.13. The summed E-state index contributed by atoms with van der Waals surface area (Å²) in [5.74, 6) is 0.770. The van der Waals surface area contributed by atoms with Gasteiger partial charge in [0, 0.05) is 21.4 Å². The predicted molar refractivity (Wildman–Crippen MR) is 88.9 cm³/mol. The van der Waals surface area contributed by atoms with Gasteiger partial charge in [0.1, 0.15) is 12.4 Å². The molecule has 0 aliphatic rings. The number of alkyl halides is 1. The van der Waals surface area contributed by atoms with Crippen LogP contribution < -0.4 is 4.74 Å². The van der Waals surface area contributed by atoms with Crippen LogP contribution in [0, 0.1) is 17.0 Å². The van der Waals surface area contributed by atoms with Crippen molar-refractivity contribution in [1.82, 2.24) is 0 Å². The predicted octanol–water partition coefficient (Wildman–Crippen LogP) is 5.14. The lowest BCUT2D eigenvalue weighted by atomic mass is 10.1. The maximum atomic E-state index is 11.1. The van der Waals surface area contributed by atoms with Crippen molar-refractivity contribution >= 4 is 37.5 Å². The molecule has 0 fully saturated rings. The van der Waals surface area contributed by atoms with Crippen LogP contribution in [0.15, 0.2) is 40.9 Å². The first-order chi connectivity index (χ1) is 10.0. The maximum absolute atomic E-state index is 11.1. The van der Waals surface area contributed by atoms with Crippen molar-refractivity contribution in [3.05, 3.63) is 67.7 Å². The van der Waals surface area contributed by atoms with Crippen molar-refractivity contribution in [2.45, 2.75) is 18.9 Å². The van der Waals surface area contributed by atoms with Crippen molar-refractivity contribution in [2.24, 2.45) is 0 Å². The van der Waals surface area contributed by atoms with E-state index in [2.05, 4.69) is 31.9 Å². The molecule has 0 bridgehead atoms. The second-order valence-electron chi connectivity index (χ2n) is 4.52. The summed E-state index contributed by atoms with van der Waals surface area (Å²) < 4.78 is 6.50. The number of rotatable bonds is 5. The van der Waals surface area contributed by atoms with Crippen LogP contribution in [0.4, 0.5) is 5.69 Å². The van der Waals surface area contributed by atoms with Gasteiger partial charge in [0.2, 0.25) is 0 Å². The van der Waals surface area contributed by atoms with Gasteiger partial charge in [0.15, 0.2) is 0 Å². The average molecular weight is 415 g/mol. The van der Waals surface area contributed by atoms with Crippen molar-refractivity contribution < 1.29 is 9.66 Å². The van der Waals surface area contributed by atoms with E-state index >= 15 is 0 Å². The third-order valence-electron chi connectivity index (χ3n) is 3.05. The van der Waals surface area contributed by atoms with Crippen molar-refractivity contribution in [2.75, 3.05) is 0 Å². The molecule has 0 aromatic heterocycles. The van der Waals surface area contributed by atoms with Crippen molar-refractivity contribution in [3.8, 4) is 5.75 Å². The zero-order valence-electron chi connectivity index (χ0n) is 11.3. The lowest BCUT2D eigenvalue weighted by molar-refractivity contribution is -0.385. The van der Waals surface area contributed by atoms with Gasteiger partial charge in [-0.1, -0.05) is 50.1 Å². The van der Waals surface area contributed by atoms with Crippen LogP contribution in [0.5, 0.6) is 5.75 Å². The van der Waals surface area contributed by atoms with Crippen LogP contribution in [0.25, 0.3) is 0 Å². The number of hydrogen-bond acceptors (Lipinski definition) is 3. The Balaban J connectivity index is 2.27. The third-order valence-corrected chi connectivity index (χ3v) is 4.15. The van der Waals surface area contributed by atoms with Gasteiger partial charge in [-0.3, -0.25) is 10.1 Å². The number of benzene rings is 2. The van der Waals surface area contributed by atoms with Gasteiger partial charge >= 0.3 is 0 Å². The first-order valence-corrected chi connectivity index (χ1v) is 8.14. The van der Waals surface area contributed by atoms with E-state index in [1.165, 1.54) is 6.07 Å². The number of nitrogens with zero attached hydrogens (tertiary/aromatic N) is 1. The number of ether oxygens (including phenoxy) is 1. The normalized spacial score (nSPS) is 10.4. The summed E-state index contributed by atoms with van der Waals surface area (Å²) in [7, 11) is 0. The minimum Gasteiger partial charge on any atom is -0.488 e. The molecule has 2 aromatic carbocycles. The Bertz CT molecular complexity index is 674. The van der Waals surface area contributed by atoms with Crippen molar-refractivity contribution in [1.29, 1.82) is 0 Å². The molecular formula is C15H13Br2NO3. The van der Waals surface area contributed by atoms with Gasteiger partial charge in [0.05, 0.1) is 10.5 Å². The van der Waals surface area contributed by atoms with E-state index in [-0.39, 0.29) is 12.3 Å². The highest BCUT2D eigenvalue weighted by Crippen LogP contribution is 2.29. The van der Waals surface area contributed by atoms with Gasteiger partial charge in [0.25, 0.3) is 5.69 Å². The molecule has 0 amide bonds. The first kappa shape index (κ1) is 16.0. The van der Waals surface area contributed by atoms with Gasteiger partial charge in [-0.2, -0.15) is 0 Å². The van der Waals surface area contributed by atoms with Crippen LogP contribution >= 0.6 is 31.9 Å². The summed E-state index contributed by atoms with van der Waals surface area (Å²) in [6.07, 6.45) is 0. The minimum atomic E-state index is -0.396. The molecule has 21 heavy (non-hydrogen) atoms. The smallest absolute Gasteiger partial charge is 0.277 e. The van der Waals surface area contributed by atoms with E-state index in [1.54, 1.807) is 12.1 Å². The van der Waals surface area contributed by atoms with E-state index < -0.39 is 4.92 Å². The van der Waals surface area contributed by atoms with Gasteiger partial charge in [-0.15, -0.1) is 0 Å². The number of halogens is 2. The van der Waals surface area contributed by atoms with E-state index in [1.807, 2.05) is 25.1 Å². The van der Waals surface area contributed by atoms with Gasteiger partial charge in [-0.05, 0) is 24.6 Å². The van der Waals surface area contributed by atoms with E-state index in [0.717, 1.165) is 16.9 Å². The standard InChI is InChI=1S/C15H13Br2NO3/c1-10-3-2-4-11(8-16)15(10)21-9-12-5-6-13(17)7-14(12)18(19)20/h2-7H,8-9H2,1H3. The molecular weight excluding hydrogens is 402 g/mol. The average Bonchev–Trinajstić information content (AvgIpc) is 2.46. The highest BCUT2D eigenvalue weighted by Gasteiger charge is 2.15. The van der Waals surface area contributed by atoms with Crippen molar-refractivity contribution in [3.63, 3.8) is 0 Å². The summed E-state index contributed by atoms with van der Waals surface area (Å²) in [4.78, 5) is 10.7. The molecule has 0 atom stereocenters. The Hall–Kier alpha value is -1.40. The summed E-state index contributed by atoms with van der Waals surface area (Å²) >= 11 is 6.67. The third kappa shape index (κ3) is 3.83. The number of para-hydroxylation sites is 1. The topological polar surface area (TPSA) is 52.4 Å². The largest absolute Gasteiger partial charge is 0.488 e. The summed E-state index contributed by atoms with van der Waals surface area (Å²) in [6.45, 7) is 2.12. The first-order valence-electron chi connectivity index (χ1n) is 6.23. The van der Waals surface area contributed by atoms with Crippen LogP contribution in [0.1, 0.15) is 16.7 Å². The zero-order chi connectivity index (χ0) is 15.4. The molecule has 0 spiro atoms. The molecule has 110 valence electrons. The maximum Gasteiger partial charge on any atom is 0.277 e. The van der Waals surface area contributed by atoms with Crippen LogP contribution in [-0.2, 0) is 11.9 Å². The second kappa shape index (κ2) is 7.04. The molecule has 4 nitrogen and oxygen atoms in total. The van der Waals surface area contributed by atoms with Gasteiger partial charge < -0.3 is 4.74 Å². The molecule has 0 heterocycles. The van der Waals surface area contributed by atoms with E-state index in [4.69, 9.17) is 4.74 Å². The van der Waals surface area contributed by atoms with Crippen LogP contribution in [0.3, 0.4) is 0 Å². The fourth-order valence-electron chi connectivity index (χ4n) is 2.00. The SMILES string of the molecule is Cc1cccc(CBr)c1OCc1ccc(Br)cc1[N+](=O)[O-]. The minimum absolute atomic E-state index is 0.0540.